The Morgan fingerprint density at radius 2 is 1.72 bits per heavy atom. The van der Waals surface area contributed by atoms with Crippen molar-refractivity contribution in [3.05, 3.63) is 105 Å². The van der Waals surface area contributed by atoms with Gasteiger partial charge in [-0.15, -0.1) is 0 Å². The standard InChI is InChI=1S/C27H25N5O4/c1-3-30(4-2)22-14-15-25(33)21(16-22)18-28-31-26(19-10-6-5-7-11-19)29-23(27(31)34)17-20-12-8-9-13-24(20)32(35)36/h5-18,33H,3-4H2,1-2H3. The van der Waals surface area contributed by atoms with E-state index in [0.29, 0.717) is 11.1 Å². The summed E-state index contributed by atoms with van der Waals surface area (Å²) in [4.78, 5) is 30.9. The summed E-state index contributed by atoms with van der Waals surface area (Å²) < 4.78 is 0. The highest BCUT2D eigenvalue weighted by atomic mass is 16.6. The lowest BCUT2D eigenvalue weighted by Crippen LogP contribution is -2.27. The van der Waals surface area contributed by atoms with Gasteiger partial charge in [-0.05, 0) is 44.2 Å². The summed E-state index contributed by atoms with van der Waals surface area (Å²) in [5.41, 5.74) is 2.15. The maximum Gasteiger partial charge on any atom is 0.298 e. The van der Waals surface area contributed by atoms with Crippen LogP contribution in [0.3, 0.4) is 0 Å². The van der Waals surface area contributed by atoms with E-state index in [1.165, 1.54) is 18.4 Å². The van der Waals surface area contributed by atoms with Crippen LogP contribution < -0.4 is 4.90 Å². The van der Waals surface area contributed by atoms with Gasteiger partial charge >= 0.3 is 0 Å². The fourth-order valence-electron chi connectivity index (χ4n) is 3.86. The molecule has 9 nitrogen and oxygen atoms in total. The second-order valence-corrected chi connectivity index (χ2v) is 7.92. The van der Waals surface area contributed by atoms with Crippen molar-refractivity contribution in [1.29, 1.82) is 0 Å². The van der Waals surface area contributed by atoms with Gasteiger partial charge in [-0.1, -0.05) is 42.5 Å². The number of nitrogens with zero attached hydrogens (tertiary/aromatic N) is 5. The molecule has 0 radical (unpaired) electrons. The monoisotopic (exact) mass is 483 g/mol. The molecule has 1 aliphatic heterocycles. The van der Waals surface area contributed by atoms with Crippen LogP contribution in [0.25, 0.3) is 6.08 Å². The molecule has 1 N–H and O–H groups in total. The number of aromatic hydroxyl groups is 1. The molecular weight excluding hydrogens is 458 g/mol. The van der Waals surface area contributed by atoms with Gasteiger partial charge in [0, 0.05) is 36.0 Å². The molecule has 0 saturated carbocycles. The number of nitro groups is 1. The highest BCUT2D eigenvalue weighted by Crippen LogP contribution is 2.27. The fraction of sp³-hybridized carbons (Fsp3) is 0.148. The van der Waals surface area contributed by atoms with Gasteiger partial charge < -0.3 is 10.0 Å². The third-order valence-electron chi connectivity index (χ3n) is 5.75. The van der Waals surface area contributed by atoms with E-state index in [2.05, 4.69) is 15.0 Å². The predicted molar refractivity (Wildman–Crippen MR) is 140 cm³/mol. The first-order valence-corrected chi connectivity index (χ1v) is 11.5. The number of carbonyl (C=O) groups is 1. The van der Waals surface area contributed by atoms with Gasteiger partial charge in [-0.25, -0.2) is 4.99 Å². The van der Waals surface area contributed by atoms with E-state index in [-0.39, 0.29) is 28.5 Å². The van der Waals surface area contributed by atoms with Gasteiger partial charge in [0.1, 0.15) is 11.4 Å². The summed E-state index contributed by atoms with van der Waals surface area (Å²) in [6.45, 7) is 5.68. The summed E-state index contributed by atoms with van der Waals surface area (Å²) >= 11 is 0. The molecule has 9 heteroatoms. The molecule has 0 unspecified atom stereocenters. The Hall–Kier alpha value is -4.79. The van der Waals surface area contributed by atoms with Crippen LogP contribution >= 0.6 is 0 Å². The molecular formula is C27H25N5O4. The van der Waals surface area contributed by atoms with Crippen molar-refractivity contribution < 1.29 is 14.8 Å². The molecule has 0 saturated heterocycles. The molecule has 3 aromatic carbocycles. The largest absolute Gasteiger partial charge is 0.507 e. The number of aliphatic imine (C=N–C) groups is 1. The van der Waals surface area contributed by atoms with E-state index in [0.717, 1.165) is 23.8 Å². The maximum absolute atomic E-state index is 13.3. The minimum absolute atomic E-state index is 0.0152. The third-order valence-corrected chi connectivity index (χ3v) is 5.75. The first-order valence-electron chi connectivity index (χ1n) is 11.5. The van der Waals surface area contributed by atoms with Gasteiger partial charge in [-0.3, -0.25) is 14.9 Å². The number of para-hydroxylation sites is 1. The molecule has 1 aliphatic rings. The van der Waals surface area contributed by atoms with Crippen LogP contribution in [0.4, 0.5) is 11.4 Å². The summed E-state index contributed by atoms with van der Waals surface area (Å²) in [5, 5.41) is 27.3. The van der Waals surface area contributed by atoms with Gasteiger partial charge in [0.05, 0.1) is 16.7 Å². The second kappa shape index (κ2) is 10.6. The van der Waals surface area contributed by atoms with E-state index in [1.54, 1.807) is 42.5 Å². The normalized spacial score (nSPS) is 14.5. The van der Waals surface area contributed by atoms with Crippen LogP contribution in [0, 0.1) is 10.1 Å². The average molecular weight is 484 g/mol. The van der Waals surface area contributed by atoms with Crippen LogP contribution in [0.1, 0.15) is 30.5 Å². The molecule has 0 atom stereocenters. The smallest absolute Gasteiger partial charge is 0.298 e. The van der Waals surface area contributed by atoms with E-state index in [1.807, 2.05) is 38.1 Å². The van der Waals surface area contributed by atoms with Gasteiger partial charge in [0.2, 0.25) is 0 Å². The molecule has 0 aromatic heterocycles. The number of benzene rings is 3. The van der Waals surface area contributed by atoms with Gasteiger partial charge in [0.15, 0.2) is 5.84 Å². The van der Waals surface area contributed by atoms with Crippen molar-refractivity contribution >= 4 is 35.4 Å². The fourth-order valence-corrected chi connectivity index (χ4v) is 3.86. The number of carbonyl (C=O) groups excluding carboxylic acids is 1. The Bertz CT molecular complexity index is 1380. The zero-order chi connectivity index (χ0) is 25.7. The number of phenols is 1. The van der Waals surface area contributed by atoms with Gasteiger partial charge in [-0.2, -0.15) is 10.1 Å². The van der Waals surface area contributed by atoms with E-state index in [4.69, 9.17) is 0 Å². The number of hydrogen-bond acceptors (Lipinski definition) is 7. The van der Waals surface area contributed by atoms with E-state index < -0.39 is 10.8 Å². The second-order valence-electron chi connectivity index (χ2n) is 7.92. The van der Waals surface area contributed by atoms with Crippen molar-refractivity contribution in [2.24, 2.45) is 10.1 Å². The molecule has 36 heavy (non-hydrogen) atoms. The van der Waals surface area contributed by atoms with Crippen molar-refractivity contribution in [2.75, 3.05) is 18.0 Å². The summed E-state index contributed by atoms with van der Waals surface area (Å²) in [6, 6.07) is 20.4. The highest BCUT2D eigenvalue weighted by Gasteiger charge is 2.31. The average Bonchev–Trinajstić information content (AvgIpc) is 3.20. The SMILES string of the molecule is CCN(CC)c1ccc(O)c(C=NN2C(=O)C(=Cc3ccccc3[N+](=O)[O-])N=C2c2ccccc2)c1. The van der Waals surface area contributed by atoms with Crippen molar-refractivity contribution in [1.82, 2.24) is 5.01 Å². The molecule has 3 aromatic rings. The zero-order valence-electron chi connectivity index (χ0n) is 19.9. The lowest BCUT2D eigenvalue weighted by Gasteiger charge is -2.21. The Morgan fingerprint density at radius 3 is 2.42 bits per heavy atom. The summed E-state index contributed by atoms with van der Waals surface area (Å²) in [6.07, 6.45) is 2.80. The van der Waals surface area contributed by atoms with E-state index in [9.17, 15) is 20.0 Å². The van der Waals surface area contributed by atoms with Crippen LogP contribution in [0.2, 0.25) is 0 Å². The predicted octanol–water partition coefficient (Wildman–Crippen LogP) is 4.81. The Balaban J connectivity index is 1.75. The molecule has 0 fully saturated rings. The first kappa shape index (κ1) is 24.3. The number of hydrogen-bond donors (Lipinski definition) is 1. The number of anilines is 1. The van der Waals surface area contributed by atoms with E-state index >= 15 is 0 Å². The van der Waals surface area contributed by atoms with Crippen LogP contribution in [-0.4, -0.2) is 46.1 Å². The molecule has 0 spiro atoms. The van der Waals surface area contributed by atoms with Crippen molar-refractivity contribution in [3.63, 3.8) is 0 Å². The maximum atomic E-state index is 13.3. The zero-order valence-corrected chi connectivity index (χ0v) is 19.9. The topological polar surface area (TPSA) is 112 Å². The lowest BCUT2D eigenvalue weighted by molar-refractivity contribution is -0.385. The lowest BCUT2D eigenvalue weighted by atomic mass is 10.1. The number of amides is 1. The third kappa shape index (κ3) is 5.00. The van der Waals surface area contributed by atoms with Crippen molar-refractivity contribution in [3.8, 4) is 5.75 Å². The molecule has 4 rings (SSSR count). The summed E-state index contributed by atoms with van der Waals surface area (Å²) in [7, 11) is 0. The number of phenolic OH excluding ortho intramolecular Hbond substituents is 1. The number of amidine groups is 1. The van der Waals surface area contributed by atoms with Crippen LogP contribution in [0.5, 0.6) is 5.75 Å². The summed E-state index contributed by atoms with van der Waals surface area (Å²) in [5.74, 6) is -0.237. The highest BCUT2D eigenvalue weighted by molar-refractivity contribution is 6.20. The molecule has 0 bridgehead atoms. The minimum Gasteiger partial charge on any atom is -0.507 e. The minimum atomic E-state index is -0.539. The van der Waals surface area contributed by atoms with Crippen LogP contribution in [0.15, 0.2) is 88.6 Å². The van der Waals surface area contributed by atoms with Gasteiger partial charge in [0.25, 0.3) is 11.6 Å². The molecule has 182 valence electrons. The Kier molecular flexibility index (Phi) is 7.20. The Morgan fingerprint density at radius 1 is 1.03 bits per heavy atom. The van der Waals surface area contributed by atoms with Crippen LogP contribution in [-0.2, 0) is 4.79 Å². The number of rotatable bonds is 8. The number of hydrazone groups is 1. The quantitative estimate of drug-likeness (QED) is 0.214. The first-order chi connectivity index (χ1) is 17.4. The molecule has 1 heterocycles. The van der Waals surface area contributed by atoms with Crippen molar-refractivity contribution in [2.45, 2.75) is 13.8 Å². The number of nitro benzene ring substituents is 1. The Labute approximate surface area is 208 Å². The molecule has 0 aliphatic carbocycles. The molecule has 1 amide bonds.